The molecule has 3 aliphatic rings. The number of likely N-dealkylation sites (tertiary alicyclic amines) is 1. The van der Waals surface area contributed by atoms with Crippen molar-refractivity contribution in [3.05, 3.63) is 59.2 Å². The van der Waals surface area contributed by atoms with Gasteiger partial charge in [0.1, 0.15) is 11.8 Å². The standard InChI is InChI=1S/C27H31N3O4/c1-26(2,3)14-21(30-15-18-17(23(30)31)8-7-11-22(18)34-4)24(32)29-13-12-27(16-29)19-9-5-6-10-20(19)28-25(27)33/h5-11,21H,12-16H2,1-4H3,(H,28,33)/t21-,27-/m0/s1. The zero-order chi connectivity index (χ0) is 24.3. The molecule has 0 bridgehead atoms. The van der Waals surface area contributed by atoms with Gasteiger partial charge in [0.15, 0.2) is 0 Å². The van der Waals surface area contributed by atoms with E-state index in [0.29, 0.717) is 43.8 Å². The van der Waals surface area contributed by atoms with Gasteiger partial charge in [-0.15, -0.1) is 0 Å². The van der Waals surface area contributed by atoms with Crippen LogP contribution in [-0.2, 0) is 21.5 Å². The van der Waals surface area contributed by atoms with Crippen LogP contribution in [0.1, 0.15) is 55.1 Å². The summed E-state index contributed by atoms with van der Waals surface area (Å²) < 4.78 is 5.48. The molecule has 0 unspecified atom stereocenters. The van der Waals surface area contributed by atoms with Crippen LogP contribution in [0.5, 0.6) is 5.75 Å². The van der Waals surface area contributed by atoms with Crippen molar-refractivity contribution in [1.82, 2.24) is 9.80 Å². The second-order valence-electron chi connectivity index (χ2n) is 10.8. The van der Waals surface area contributed by atoms with Crippen LogP contribution in [0.4, 0.5) is 5.69 Å². The lowest BCUT2D eigenvalue weighted by molar-refractivity contribution is -0.136. The number of methoxy groups -OCH3 is 1. The summed E-state index contributed by atoms with van der Waals surface area (Å²) in [6.45, 7) is 7.38. The number of anilines is 1. The highest BCUT2D eigenvalue weighted by Crippen LogP contribution is 2.45. The molecule has 0 radical (unpaired) electrons. The zero-order valence-corrected chi connectivity index (χ0v) is 20.2. The van der Waals surface area contributed by atoms with Crippen molar-refractivity contribution in [3.8, 4) is 5.75 Å². The van der Waals surface area contributed by atoms with E-state index in [1.165, 1.54) is 0 Å². The molecule has 0 aliphatic carbocycles. The Morgan fingerprint density at radius 1 is 1.15 bits per heavy atom. The maximum Gasteiger partial charge on any atom is 0.255 e. The number of carbonyl (C=O) groups excluding carboxylic acids is 3. The van der Waals surface area contributed by atoms with Crippen LogP contribution in [0.3, 0.4) is 0 Å². The average Bonchev–Trinajstić information content (AvgIpc) is 3.47. The first-order valence-corrected chi connectivity index (χ1v) is 11.8. The van der Waals surface area contributed by atoms with Gasteiger partial charge in [0.25, 0.3) is 5.91 Å². The lowest BCUT2D eigenvalue weighted by atomic mass is 9.81. The molecule has 1 N–H and O–H groups in total. The minimum absolute atomic E-state index is 0.0502. The molecular weight excluding hydrogens is 430 g/mol. The van der Waals surface area contributed by atoms with Gasteiger partial charge in [-0.2, -0.15) is 0 Å². The number of hydrogen-bond donors (Lipinski definition) is 1. The fraction of sp³-hybridized carbons (Fsp3) is 0.444. The number of benzene rings is 2. The second kappa shape index (κ2) is 7.86. The minimum atomic E-state index is -0.722. The van der Waals surface area contributed by atoms with Gasteiger partial charge in [-0.05, 0) is 42.0 Å². The summed E-state index contributed by atoms with van der Waals surface area (Å²) in [6.07, 6.45) is 1.10. The SMILES string of the molecule is COc1cccc2c1CN([C@@H](CC(C)(C)C)C(=O)N1CC[C@@]3(C1)C(=O)Nc1ccccc13)C2=O. The first-order chi connectivity index (χ1) is 16.1. The Balaban J connectivity index is 1.45. The van der Waals surface area contributed by atoms with E-state index < -0.39 is 11.5 Å². The van der Waals surface area contributed by atoms with E-state index in [1.807, 2.05) is 30.3 Å². The summed E-state index contributed by atoms with van der Waals surface area (Å²) in [5, 5.41) is 2.99. The zero-order valence-electron chi connectivity index (χ0n) is 20.2. The van der Waals surface area contributed by atoms with Crippen LogP contribution in [0, 0.1) is 5.41 Å². The van der Waals surface area contributed by atoms with Crippen LogP contribution >= 0.6 is 0 Å². The van der Waals surface area contributed by atoms with Gasteiger partial charge in [0.05, 0.1) is 19.1 Å². The fourth-order valence-corrected chi connectivity index (χ4v) is 5.67. The van der Waals surface area contributed by atoms with Gasteiger partial charge >= 0.3 is 0 Å². The van der Waals surface area contributed by atoms with Crippen LogP contribution in [0.15, 0.2) is 42.5 Å². The number of amides is 3. The number of nitrogens with one attached hydrogen (secondary N) is 1. The number of rotatable bonds is 4. The molecule has 5 rings (SSSR count). The molecule has 1 spiro atoms. The third-order valence-electron chi connectivity index (χ3n) is 7.35. The lowest BCUT2D eigenvalue weighted by Crippen LogP contribution is -2.50. The van der Waals surface area contributed by atoms with Crippen molar-refractivity contribution >= 4 is 23.4 Å². The van der Waals surface area contributed by atoms with E-state index >= 15 is 0 Å². The highest BCUT2D eigenvalue weighted by atomic mass is 16.5. The summed E-state index contributed by atoms with van der Waals surface area (Å²) >= 11 is 0. The van der Waals surface area contributed by atoms with E-state index in [1.54, 1.807) is 29.0 Å². The third-order valence-corrected chi connectivity index (χ3v) is 7.35. The van der Waals surface area contributed by atoms with Gasteiger partial charge in [0, 0.05) is 29.9 Å². The first kappa shape index (κ1) is 22.4. The van der Waals surface area contributed by atoms with Crippen LogP contribution in [0.25, 0.3) is 0 Å². The number of hydrogen-bond acceptors (Lipinski definition) is 4. The first-order valence-electron chi connectivity index (χ1n) is 11.8. The quantitative estimate of drug-likeness (QED) is 0.755. The van der Waals surface area contributed by atoms with Crippen molar-refractivity contribution in [1.29, 1.82) is 0 Å². The summed E-state index contributed by atoms with van der Waals surface area (Å²) in [5.41, 5.74) is 2.30. The predicted octanol–water partition coefficient (Wildman–Crippen LogP) is 3.58. The van der Waals surface area contributed by atoms with Crippen LogP contribution in [-0.4, -0.2) is 53.8 Å². The predicted molar refractivity (Wildman–Crippen MR) is 129 cm³/mol. The van der Waals surface area contributed by atoms with Gasteiger partial charge < -0.3 is 19.9 Å². The summed E-state index contributed by atoms with van der Waals surface area (Å²) in [7, 11) is 1.59. The topological polar surface area (TPSA) is 79.0 Å². The molecule has 0 aromatic heterocycles. The molecule has 1 fully saturated rings. The third kappa shape index (κ3) is 3.45. The van der Waals surface area contributed by atoms with Crippen molar-refractivity contribution in [2.24, 2.45) is 5.41 Å². The number of fused-ring (bicyclic) bond motifs is 3. The Kier molecular flexibility index (Phi) is 5.19. The Hall–Kier alpha value is -3.35. The Bertz CT molecular complexity index is 1180. The molecule has 3 aliphatic heterocycles. The maximum atomic E-state index is 14.0. The lowest BCUT2D eigenvalue weighted by Gasteiger charge is -2.35. The monoisotopic (exact) mass is 461 g/mol. The van der Waals surface area contributed by atoms with Gasteiger partial charge in [-0.3, -0.25) is 14.4 Å². The molecule has 0 saturated carbocycles. The van der Waals surface area contributed by atoms with Gasteiger partial charge in [-0.25, -0.2) is 0 Å². The second-order valence-corrected chi connectivity index (χ2v) is 10.8. The average molecular weight is 462 g/mol. The van der Waals surface area contributed by atoms with E-state index in [4.69, 9.17) is 4.74 Å². The molecule has 7 nitrogen and oxygen atoms in total. The van der Waals surface area contributed by atoms with Crippen molar-refractivity contribution in [2.75, 3.05) is 25.5 Å². The molecule has 178 valence electrons. The van der Waals surface area contributed by atoms with E-state index in [2.05, 4.69) is 26.1 Å². The smallest absolute Gasteiger partial charge is 0.255 e. The minimum Gasteiger partial charge on any atom is -0.496 e. The van der Waals surface area contributed by atoms with Gasteiger partial charge in [-0.1, -0.05) is 45.0 Å². The van der Waals surface area contributed by atoms with E-state index in [0.717, 1.165) is 16.8 Å². The van der Waals surface area contributed by atoms with Crippen molar-refractivity contribution < 1.29 is 19.1 Å². The molecular formula is C27H31N3O4. The summed E-state index contributed by atoms with van der Waals surface area (Å²) in [4.78, 5) is 43.9. The molecule has 3 amide bonds. The summed E-state index contributed by atoms with van der Waals surface area (Å²) in [6, 6.07) is 12.5. The number of nitrogens with zero attached hydrogens (tertiary/aromatic N) is 2. The highest BCUT2D eigenvalue weighted by Gasteiger charge is 2.53. The van der Waals surface area contributed by atoms with Crippen LogP contribution < -0.4 is 10.1 Å². The van der Waals surface area contributed by atoms with Gasteiger partial charge in [0.2, 0.25) is 11.8 Å². The summed E-state index contributed by atoms with van der Waals surface area (Å²) in [5.74, 6) is 0.374. The molecule has 34 heavy (non-hydrogen) atoms. The van der Waals surface area contributed by atoms with E-state index in [-0.39, 0.29) is 23.1 Å². The number of para-hydroxylation sites is 1. The van der Waals surface area contributed by atoms with Crippen molar-refractivity contribution in [2.45, 2.75) is 51.6 Å². The molecule has 2 atom stereocenters. The fourth-order valence-electron chi connectivity index (χ4n) is 5.67. The van der Waals surface area contributed by atoms with Crippen LogP contribution in [0.2, 0.25) is 0 Å². The number of carbonyl (C=O) groups is 3. The Morgan fingerprint density at radius 2 is 1.91 bits per heavy atom. The molecule has 3 heterocycles. The highest BCUT2D eigenvalue weighted by molar-refractivity contribution is 6.07. The van der Waals surface area contributed by atoms with E-state index in [9.17, 15) is 14.4 Å². The Morgan fingerprint density at radius 3 is 2.65 bits per heavy atom. The molecule has 2 aromatic rings. The molecule has 1 saturated heterocycles. The normalized spacial score (nSPS) is 22.1. The molecule has 2 aromatic carbocycles. The largest absolute Gasteiger partial charge is 0.496 e. The van der Waals surface area contributed by atoms with Crippen molar-refractivity contribution in [3.63, 3.8) is 0 Å². The maximum absolute atomic E-state index is 14.0. The Labute approximate surface area is 200 Å². The number of ether oxygens (including phenoxy) is 1. The molecule has 7 heteroatoms.